The van der Waals surface area contributed by atoms with E-state index in [9.17, 15) is 9.59 Å². The van der Waals surface area contributed by atoms with Crippen molar-refractivity contribution >= 4 is 23.6 Å². The largest absolute Gasteiger partial charge is 0.480 e. The standard InChI is InChI=1S/C12H21NO3S/c1-3-8(2)10(12(15)16)13-11(14)9-4-6-17-7-5-9/h8-10H,3-7H2,1-2H3,(H,13,14)(H,15,16). The van der Waals surface area contributed by atoms with Crippen LogP contribution in [0.2, 0.25) is 0 Å². The van der Waals surface area contributed by atoms with Crippen molar-refractivity contribution in [3.05, 3.63) is 0 Å². The van der Waals surface area contributed by atoms with Crippen LogP contribution in [0.5, 0.6) is 0 Å². The zero-order chi connectivity index (χ0) is 12.8. The van der Waals surface area contributed by atoms with Crippen molar-refractivity contribution in [1.29, 1.82) is 0 Å². The molecule has 1 aliphatic rings. The number of aliphatic carboxylic acids is 1. The zero-order valence-electron chi connectivity index (χ0n) is 10.4. The molecule has 2 unspecified atom stereocenters. The molecule has 17 heavy (non-hydrogen) atoms. The van der Waals surface area contributed by atoms with Crippen LogP contribution < -0.4 is 5.32 Å². The van der Waals surface area contributed by atoms with Gasteiger partial charge in [0.15, 0.2) is 0 Å². The van der Waals surface area contributed by atoms with Crippen molar-refractivity contribution in [2.45, 2.75) is 39.2 Å². The molecule has 1 aliphatic heterocycles. The van der Waals surface area contributed by atoms with Gasteiger partial charge in [0.05, 0.1) is 0 Å². The van der Waals surface area contributed by atoms with Crippen molar-refractivity contribution in [2.75, 3.05) is 11.5 Å². The van der Waals surface area contributed by atoms with E-state index in [0.29, 0.717) is 0 Å². The van der Waals surface area contributed by atoms with Crippen LogP contribution in [0.4, 0.5) is 0 Å². The average Bonchev–Trinajstić information content (AvgIpc) is 2.35. The number of thioether (sulfide) groups is 1. The van der Waals surface area contributed by atoms with E-state index in [1.807, 2.05) is 25.6 Å². The molecular weight excluding hydrogens is 238 g/mol. The van der Waals surface area contributed by atoms with Gasteiger partial charge in [0.25, 0.3) is 0 Å². The van der Waals surface area contributed by atoms with E-state index in [1.165, 1.54) is 0 Å². The zero-order valence-corrected chi connectivity index (χ0v) is 11.3. The Morgan fingerprint density at radius 1 is 1.41 bits per heavy atom. The highest BCUT2D eigenvalue weighted by Crippen LogP contribution is 2.23. The third kappa shape index (κ3) is 4.22. The minimum atomic E-state index is -0.933. The summed E-state index contributed by atoms with van der Waals surface area (Å²) in [4.78, 5) is 23.0. The number of nitrogens with one attached hydrogen (secondary N) is 1. The first-order valence-electron chi connectivity index (χ1n) is 6.17. The number of carbonyl (C=O) groups excluding carboxylic acids is 1. The Labute approximate surface area is 107 Å². The van der Waals surface area contributed by atoms with Crippen molar-refractivity contribution in [3.63, 3.8) is 0 Å². The normalized spacial score (nSPS) is 20.6. The van der Waals surface area contributed by atoms with E-state index in [2.05, 4.69) is 5.32 Å². The predicted octanol–water partition coefficient (Wildman–Crippen LogP) is 1.75. The molecule has 2 atom stereocenters. The van der Waals surface area contributed by atoms with Crippen molar-refractivity contribution in [2.24, 2.45) is 11.8 Å². The van der Waals surface area contributed by atoms with E-state index < -0.39 is 12.0 Å². The van der Waals surface area contributed by atoms with Crippen LogP contribution in [0.15, 0.2) is 0 Å². The smallest absolute Gasteiger partial charge is 0.326 e. The molecule has 1 amide bonds. The molecule has 0 bridgehead atoms. The second kappa shape index (κ2) is 6.89. The van der Waals surface area contributed by atoms with E-state index >= 15 is 0 Å². The van der Waals surface area contributed by atoms with Gasteiger partial charge >= 0.3 is 5.97 Å². The number of carbonyl (C=O) groups is 2. The minimum absolute atomic E-state index is 0.00200. The van der Waals surface area contributed by atoms with Gasteiger partial charge in [-0.1, -0.05) is 20.3 Å². The summed E-state index contributed by atoms with van der Waals surface area (Å²) in [6.07, 6.45) is 2.48. The molecule has 1 heterocycles. The topological polar surface area (TPSA) is 66.4 Å². The van der Waals surface area contributed by atoms with E-state index in [0.717, 1.165) is 30.8 Å². The average molecular weight is 259 g/mol. The molecule has 4 nitrogen and oxygen atoms in total. The lowest BCUT2D eigenvalue weighted by Crippen LogP contribution is -2.47. The maximum atomic E-state index is 11.9. The fraction of sp³-hybridized carbons (Fsp3) is 0.833. The summed E-state index contributed by atoms with van der Waals surface area (Å²) in [5, 5.41) is 11.8. The van der Waals surface area contributed by atoms with Crippen LogP contribution in [0.1, 0.15) is 33.1 Å². The number of rotatable bonds is 5. The van der Waals surface area contributed by atoms with Gasteiger partial charge in [-0.2, -0.15) is 11.8 Å². The predicted molar refractivity (Wildman–Crippen MR) is 69.1 cm³/mol. The molecule has 0 spiro atoms. The van der Waals surface area contributed by atoms with Crippen molar-refractivity contribution in [1.82, 2.24) is 5.32 Å². The number of hydrogen-bond donors (Lipinski definition) is 2. The Kier molecular flexibility index (Phi) is 5.82. The molecule has 0 aromatic carbocycles. The number of amides is 1. The first-order chi connectivity index (χ1) is 8.06. The van der Waals surface area contributed by atoms with Crippen molar-refractivity contribution < 1.29 is 14.7 Å². The van der Waals surface area contributed by atoms with Crippen LogP contribution in [0.3, 0.4) is 0 Å². The van der Waals surface area contributed by atoms with Gasteiger partial charge in [-0.15, -0.1) is 0 Å². The fourth-order valence-electron chi connectivity index (χ4n) is 1.91. The Morgan fingerprint density at radius 3 is 2.47 bits per heavy atom. The Balaban J connectivity index is 2.53. The lowest BCUT2D eigenvalue weighted by Gasteiger charge is -2.25. The highest BCUT2D eigenvalue weighted by molar-refractivity contribution is 7.99. The Morgan fingerprint density at radius 2 is 2.00 bits per heavy atom. The second-order valence-corrected chi connectivity index (χ2v) is 5.82. The molecule has 0 aliphatic carbocycles. The summed E-state index contributed by atoms with van der Waals surface area (Å²) >= 11 is 1.86. The lowest BCUT2D eigenvalue weighted by atomic mass is 9.96. The molecule has 1 rings (SSSR count). The third-order valence-electron chi connectivity index (χ3n) is 3.37. The van der Waals surface area contributed by atoms with Crippen LogP contribution in [-0.4, -0.2) is 34.5 Å². The fourth-order valence-corrected chi connectivity index (χ4v) is 3.02. The maximum Gasteiger partial charge on any atom is 0.326 e. The molecule has 0 aromatic rings. The minimum Gasteiger partial charge on any atom is -0.480 e. The lowest BCUT2D eigenvalue weighted by molar-refractivity contribution is -0.144. The molecule has 98 valence electrons. The SMILES string of the molecule is CCC(C)C(NC(=O)C1CCSCC1)C(=O)O. The van der Waals surface area contributed by atoms with Gasteiger partial charge in [-0.25, -0.2) is 4.79 Å². The molecular formula is C12H21NO3S. The van der Waals surface area contributed by atoms with E-state index in [1.54, 1.807) is 0 Å². The van der Waals surface area contributed by atoms with Gasteiger partial charge < -0.3 is 10.4 Å². The summed E-state index contributed by atoms with van der Waals surface area (Å²) < 4.78 is 0. The number of carboxylic acid groups (broad SMARTS) is 1. The molecule has 1 saturated heterocycles. The molecule has 1 fully saturated rings. The summed E-state index contributed by atoms with van der Waals surface area (Å²) in [5.74, 6) is 0.950. The Bertz CT molecular complexity index is 277. The molecule has 0 radical (unpaired) electrons. The van der Waals surface area contributed by atoms with Crippen molar-refractivity contribution in [3.8, 4) is 0 Å². The van der Waals surface area contributed by atoms with Gasteiger partial charge in [-0.05, 0) is 30.3 Å². The quantitative estimate of drug-likeness (QED) is 0.789. The maximum absolute atomic E-state index is 11.9. The second-order valence-electron chi connectivity index (χ2n) is 4.60. The van der Waals surface area contributed by atoms with E-state index in [-0.39, 0.29) is 17.7 Å². The van der Waals surface area contributed by atoms with Gasteiger partial charge in [0, 0.05) is 5.92 Å². The number of carboxylic acids is 1. The molecule has 5 heteroatoms. The summed E-state index contributed by atoms with van der Waals surface area (Å²) in [7, 11) is 0. The summed E-state index contributed by atoms with van der Waals surface area (Å²) in [5.41, 5.74) is 0. The molecule has 2 N–H and O–H groups in total. The Hall–Kier alpha value is -0.710. The van der Waals surface area contributed by atoms with Gasteiger partial charge in [0.1, 0.15) is 6.04 Å². The molecule has 0 aromatic heterocycles. The highest BCUT2D eigenvalue weighted by atomic mass is 32.2. The van der Waals surface area contributed by atoms with Gasteiger partial charge in [-0.3, -0.25) is 4.79 Å². The first-order valence-corrected chi connectivity index (χ1v) is 7.32. The van der Waals surface area contributed by atoms with Crippen LogP contribution in [0, 0.1) is 11.8 Å². The van der Waals surface area contributed by atoms with Gasteiger partial charge in [0.2, 0.25) is 5.91 Å². The molecule has 0 saturated carbocycles. The monoisotopic (exact) mass is 259 g/mol. The van der Waals surface area contributed by atoms with Crippen LogP contribution in [0.25, 0.3) is 0 Å². The summed E-state index contributed by atoms with van der Waals surface area (Å²) in [6.45, 7) is 3.79. The van der Waals surface area contributed by atoms with E-state index in [4.69, 9.17) is 5.11 Å². The highest BCUT2D eigenvalue weighted by Gasteiger charge is 2.29. The van der Waals surface area contributed by atoms with Crippen LogP contribution >= 0.6 is 11.8 Å². The van der Waals surface area contributed by atoms with Crippen LogP contribution in [-0.2, 0) is 9.59 Å². The third-order valence-corrected chi connectivity index (χ3v) is 4.42. The first kappa shape index (κ1) is 14.4. The summed E-state index contributed by atoms with van der Waals surface area (Å²) in [6, 6.07) is -0.748. The number of hydrogen-bond acceptors (Lipinski definition) is 3.